The third kappa shape index (κ3) is 3.28. The summed E-state index contributed by atoms with van der Waals surface area (Å²) >= 11 is 0. The van der Waals surface area contributed by atoms with E-state index in [1.54, 1.807) is 0 Å². The summed E-state index contributed by atoms with van der Waals surface area (Å²) < 4.78 is 4.81. The molecule has 1 aromatic rings. The topological polar surface area (TPSA) is 75.7 Å². The number of rotatable bonds is 5. The number of carbonyl (C=O) groups is 3. The van der Waals surface area contributed by atoms with E-state index < -0.39 is 12.0 Å². The van der Waals surface area contributed by atoms with Gasteiger partial charge >= 0.3 is 5.97 Å². The first-order chi connectivity index (χ1) is 10.0. The van der Waals surface area contributed by atoms with Crippen molar-refractivity contribution in [1.29, 1.82) is 0 Å². The number of methoxy groups -OCH3 is 1. The molecule has 21 heavy (non-hydrogen) atoms. The van der Waals surface area contributed by atoms with Crippen LogP contribution in [0.5, 0.6) is 0 Å². The summed E-state index contributed by atoms with van der Waals surface area (Å²) in [4.78, 5) is 36.3. The fourth-order valence-corrected chi connectivity index (χ4v) is 2.34. The predicted octanol–water partition coefficient (Wildman–Crippen LogP) is 0.290. The quantitative estimate of drug-likeness (QED) is 0.623. The highest BCUT2D eigenvalue weighted by Crippen LogP contribution is 2.18. The molecule has 6 heteroatoms. The number of likely N-dealkylation sites (N-methyl/N-ethyl adjacent to an activating group) is 1. The number of carbonyl (C=O) groups excluding carboxylic acids is 3. The van der Waals surface area contributed by atoms with Gasteiger partial charge in [-0.1, -0.05) is 30.3 Å². The average Bonchev–Trinajstić information content (AvgIpc) is 2.75. The number of hydrogen-bond donors (Lipinski definition) is 1. The molecule has 2 unspecified atom stereocenters. The van der Waals surface area contributed by atoms with Crippen molar-refractivity contribution in [2.45, 2.75) is 18.4 Å². The second kappa shape index (κ2) is 6.49. The van der Waals surface area contributed by atoms with Gasteiger partial charge in [0.2, 0.25) is 11.8 Å². The Morgan fingerprint density at radius 3 is 2.57 bits per heavy atom. The number of benzene rings is 1. The molecule has 0 bridgehead atoms. The maximum Gasteiger partial charge on any atom is 0.314 e. The number of likely N-dealkylation sites (tertiary alicyclic amines) is 1. The molecule has 1 N–H and O–H groups in total. The third-order valence-electron chi connectivity index (χ3n) is 3.64. The van der Waals surface area contributed by atoms with Crippen LogP contribution in [-0.4, -0.2) is 49.4 Å². The van der Waals surface area contributed by atoms with E-state index in [1.165, 1.54) is 14.2 Å². The van der Waals surface area contributed by atoms with Crippen LogP contribution in [0.2, 0.25) is 0 Å². The molecule has 0 aliphatic carbocycles. The van der Waals surface area contributed by atoms with Crippen molar-refractivity contribution < 1.29 is 19.1 Å². The minimum absolute atomic E-state index is 0.123. The van der Waals surface area contributed by atoms with E-state index in [0.29, 0.717) is 0 Å². The van der Waals surface area contributed by atoms with Crippen molar-refractivity contribution in [3.05, 3.63) is 35.9 Å². The van der Waals surface area contributed by atoms with Crippen molar-refractivity contribution in [3.8, 4) is 0 Å². The number of amides is 2. The summed E-state index contributed by atoms with van der Waals surface area (Å²) in [5.41, 5.74) is 0.807. The van der Waals surface area contributed by atoms with Gasteiger partial charge in [0, 0.05) is 13.6 Å². The average molecular weight is 290 g/mol. The first-order valence-corrected chi connectivity index (χ1v) is 6.71. The molecule has 1 fully saturated rings. The highest BCUT2D eigenvalue weighted by Gasteiger charge is 2.36. The van der Waals surface area contributed by atoms with E-state index in [-0.39, 0.29) is 30.7 Å². The molecular formula is C15H18N2O4. The number of ether oxygens (including phenoxy) is 1. The first kappa shape index (κ1) is 15.2. The lowest BCUT2D eigenvalue weighted by Crippen LogP contribution is -2.40. The van der Waals surface area contributed by atoms with E-state index in [1.807, 2.05) is 30.3 Å². The Bertz CT molecular complexity index is 544. The summed E-state index contributed by atoms with van der Waals surface area (Å²) in [6.07, 6.45) is 0.123. The second-order valence-electron chi connectivity index (χ2n) is 4.94. The fourth-order valence-electron chi connectivity index (χ4n) is 2.34. The molecule has 0 radical (unpaired) electrons. The van der Waals surface area contributed by atoms with Crippen molar-refractivity contribution in [3.63, 3.8) is 0 Å². The molecular weight excluding hydrogens is 272 g/mol. The van der Waals surface area contributed by atoms with E-state index >= 15 is 0 Å². The zero-order valence-corrected chi connectivity index (χ0v) is 12.0. The highest BCUT2D eigenvalue weighted by molar-refractivity contribution is 6.05. The fraction of sp³-hybridized carbons (Fsp3) is 0.400. The molecule has 6 nitrogen and oxygen atoms in total. The molecule has 0 saturated carbocycles. The minimum Gasteiger partial charge on any atom is -0.469 e. The number of hydrogen-bond acceptors (Lipinski definition) is 5. The Hall–Kier alpha value is -2.21. The van der Waals surface area contributed by atoms with Gasteiger partial charge in [-0.15, -0.1) is 0 Å². The summed E-state index contributed by atoms with van der Waals surface area (Å²) in [6.45, 7) is 0.244. The summed E-state index contributed by atoms with van der Waals surface area (Å²) in [5.74, 6) is -1.37. The van der Waals surface area contributed by atoms with Crippen LogP contribution < -0.4 is 5.32 Å². The third-order valence-corrected chi connectivity index (χ3v) is 3.64. The van der Waals surface area contributed by atoms with E-state index in [9.17, 15) is 14.4 Å². The van der Waals surface area contributed by atoms with Gasteiger partial charge in [-0.05, 0) is 5.56 Å². The lowest BCUT2D eigenvalue weighted by atomic mass is 9.99. The standard InChI is InChI=1S/C15H18N2O4/c1-17-13(18)8-12(14(17)19)16-9-11(15(20)21-2)10-6-4-3-5-7-10/h3-7,11-12,16H,8-9H2,1-2H3. The second-order valence-corrected chi connectivity index (χ2v) is 4.94. The van der Waals surface area contributed by atoms with Gasteiger partial charge in [-0.25, -0.2) is 0 Å². The summed E-state index contributed by atoms with van der Waals surface area (Å²) in [6, 6.07) is 8.62. The molecule has 2 rings (SSSR count). The van der Waals surface area contributed by atoms with Crippen LogP contribution >= 0.6 is 0 Å². The zero-order chi connectivity index (χ0) is 15.4. The van der Waals surface area contributed by atoms with Gasteiger partial charge in [-0.3, -0.25) is 19.3 Å². The molecule has 2 amide bonds. The van der Waals surface area contributed by atoms with Crippen molar-refractivity contribution >= 4 is 17.8 Å². The van der Waals surface area contributed by atoms with Gasteiger partial charge in [0.25, 0.3) is 0 Å². The number of nitrogens with one attached hydrogen (secondary N) is 1. The smallest absolute Gasteiger partial charge is 0.314 e. The monoisotopic (exact) mass is 290 g/mol. The molecule has 1 heterocycles. The Balaban J connectivity index is 2.06. The minimum atomic E-state index is -0.571. The number of esters is 1. The molecule has 1 aliphatic rings. The summed E-state index contributed by atoms with van der Waals surface area (Å²) in [7, 11) is 2.79. The van der Waals surface area contributed by atoms with Crippen LogP contribution in [-0.2, 0) is 19.1 Å². The van der Waals surface area contributed by atoms with Crippen molar-refractivity contribution in [1.82, 2.24) is 10.2 Å². The zero-order valence-electron chi connectivity index (χ0n) is 12.0. The Morgan fingerprint density at radius 2 is 2.05 bits per heavy atom. The largest absolute Gasteiger partial charge is 0.469 e. The molecule has 0 aromatic heterocycles. The van der Waals surface area contributed by atoms with Crippen LogP contribution in [0.15, 0.2) is 30.3 Å². The molecule has 1 aromatic carbocycles. The van der Waals surface area contributed by atoms with E-state index in [4.69, 9.17) is 4.74 Å². The summed E-state index contributed by atoms with van der Waals surface area (Å²) in [5, 5.41) is 2.99. The maximum atomic E-state index is 11.9. The molecule has 1 saturated heterocycles. The first-order valence-electron chi connectivity index (χ1n) is 6.71. The Labute approximate surface area is 123 Å². The molecule has 2 atom stereocenters. The number of nitrogens with zero attached hydrogens (tertiary/aromatic N) is 1. The lowest BCUT2D eigenvalue weighted by molar-refractivity contribution is -0.143. The highest BCUT2D eigenvalue weighted by atomic mass is 16.5. The van der Waals surface area contributed by atoms with Gasteiger partial charge in [0.15, 0.2) is 0 Å². The molecule has 112 valence electrons. The Morgan fingerprint density at radius 1 is 1.38 bits per heavy atom. The molecule has 0 spiro atoms. The Kier molecular flexibility index (Phi) is 4.70. The van der Waals surface area contributed by atoms with Crippen LogP contribution in [0, 0.1) is 0 Å². The normalized spacial score (nSPS) is 19.7. The van der Waals surface area contributed by atoms with E-state index in [0.717, 1.165) is 10.5 Å². The van der Waals surface area contributed by atoms with Crippen molar-refractivity contribution in [2.24, 2.45) is 0 Å². The van der Waals surface area contributed by atoms with Crippen LogP contribution in [0.4, 0.5) is 0 Å². The van der Waals surface area contributed by atoms with Crippen LogP contribution in [0.1, 0.15) is 17.9 Å². The predicted molar refractivity (Wildman–Crippen MR) is 75.4 cm³/mol. The van der Waals surface area contributed by atoms with E-state index in [2.05, 4.69) is 5.32 Å². The van der Waals surface area contributed by atoms with Gasteiger partial charge in [0.1, 0.15) is 0 Å². The SMILES string of the molecule is COC(=O)C(CNC1CC(=O)N(C)C1=O)c1ccccc1. The van der Waals surface area contributed by atoms with Gasteiger partial charge in [0.05, 0.1) is 25.5 Å². The van der Waals surface area contributed by atoms with Crippen LogP contribution in [0.3, 0.4) is 0 Å². The van der Waals surface area contributed by atoms with Gasteiger partial charge < -0.3 is 10.1 Å². The van der Waals surface area contributed by atoms with Crippen LogP contribution in [0.25, 0.3) is 0 Å². The number of imide groups is 1. The lowest BCUT2D eigenvalue weighted by Gasteiger charge is -2.18. The van der Waals surface area contributed by atoms with Crippen molar-refractivity contribution in [2.75, 3.05) is 20.7 Å². The maximum absolute atomic E-state index is 11.9. The van der Waals surface area contributed by atoms with Gasteiger partial charge in [-0.2, -0.15) is 0 Å². The molecule has 1 aliphatic heterocycles.